The maximum atomic E-state index is 12.0. The van der Waals surface area contributed by atoms with E-state index >= 15 is 0 Å². The van der Waals surface area contributed by atoms with Crippen LogP contribution in [0.2, 0.25) is 0 Å². The number of hydrogen-bond acceptors (Lipinski definition) is 3. The van der Waals surface area contributed by atoms with Gasteiger partial charge in [0.25, 0.3) is 5.91 Å². The number of aryl methyl sites for hydroxylation is 2. The molecule has 0 aliphatic heterocycles. The summed E-state index contributed by atoms with van der Waals surface area (Å²) in [4.78, 5) is 13.3. The van der Waals surface area contributed by atoms with Crippen molar-refractivity contribution in [2.45, 2.75) is 26.8 Å². The fourth-order valence-electron chi connectivity index (χ4n) is 1.43. The SMILES string of the molecule is CCc1cc(C(=O)N(C)CC#N)n(CC)n1. The molecule has 0 radical (unpaired) electrons. The Morgan fingerprint density at radius 2 is 2.31 bits per heavy atom. The van der Waals surface area contributed by atoms with E-state index in [0.29, 0.717) is 12.2 Å². The first kappa shape index (κ1) is 12.2. The van der Waals surface area contributed by atoms with Crippen LogP contribution < -0.4 is 0 Å². The normalized spacial score (nSPS) is 9.88. The third kappa shape index (κ3) is 2.40. The van der Waals surface area contributed by atoms with Crippen molar-refractivity contribution in [2.24, 2.45) is 0 Å². The summed E-state index contributed by atoms with van der Waals surface area (Å²) in [6, 6.07) is 3.74. The molecule has 5 nitrogen and oxygen atoms in total. The lowest BCUT2D eigenvalue weighted by Gasteiger charge is -2.13. The lowest BCUT2D eigenvalue weighted by Crippen LogP contribution is -2.29. The van der Waals surface area contributed by atoms with Crippen molar-refractivity contribution in [3.05, 3.63) is 17.5 Å². The molecule has 1 aromatic rings. The molecule has 0 atom stereocenters. The van der Waals surface area contributed by atoms with E-state index in [1.165, 1.54) is 4.90 Å². The number of rotatable bonds is 4. The van der Waals surface area contributed by atoms with E-state index in [2.05, 4.69) is 5.10 Å². The topological polar surface area (TPSA) is 61.9 Å². The molecule has 0 saturated carbocycles. The quantitative estimate of drug-likeness (QED) is 0.713. The Bertz CT molecular complexity index is 416. The third-order valence-corrected chi connectivity index (χ3v) is 2.37. The summed E-state index contributed by atoms with van der Waals surface area (Å²) < 4.78 is 1.68. The lowest BCUT2D eigenvalue weighted by molar-refractivity contribution is 0.0800. The molecule has 5 heteroatoms. The van der Waals surface area contributed by atoms with E-state index in [4.69, 9.17) is 5.26 Å². The predicted molar refractivity (Wildman–Crippen MR) is 59.9 cm³/mol. The van der Waals surface area contributed by atoms with E-state index in [-0.39, 0.29) is 12.5 Å². The fourth-order valence-corrected chi connectivity index (χ4v) is 1.43. The molecule has 1 amide bonds. The van der Waals surface area contributed by atoms with Crippen molar-refractivity contribution in [3.63, 3.8) is 0 Å². The van der Waals surface area contributed by atoms with Gasteiger partial charge in [0.15, 0.2) is 0 Å². The molecule has 0 aliphatic rings. The molecule has 0 bridgehead atoms. The second-order valence-electron chi connectivity index (χ2n) is 3.51. The second-order valence-corrected chi connectivity index (χ2v) is 3.51. The predicted octanol–water partition coefficient (Wildman–Crippen LogP) is 1.06. The fraction of sp³-hybridized carbons (Fsp3) is 0.545. The van der Waals surface area contributed by atoms with Crippen molar-refractivity contribution in [1.29, 1.82) is 5.26 Å². The second kappa shape index (κ2) is 5.31. The third-order valence-electron chi connectivity index (χ3n) is 2.37. The highest BCUT2D eigenvalue weighted by Crippen LogP contribution is 2.08. The maximum Gasteiger partial charge on any atom is 0.272 e. The van der Waals surface area contributed by atoms with Gasteiger partial charge in [-0.05, 0) is 19.4 Å². The summed E-state index contributed by atoms with van der Waals surface area (Å²) >= 11 is 0. The van der Waals surface area contributed by atoms with E-state index < -0.39 is 0 Å². The summed E-state index contributed by atoms with van der Waals surface area (Å²) in [5, 5.41) is 12.8. The van der Waals surface area contributed by atoms with E-state index in [1.54, 1.807) is 17.8 Å². The minimum absolute atomic E-state index is 0.0924. The minimum atomic E-state index is -0.157. The first-order valence-electron chi connectivity index (χ1n) is 5.33. The number of hydrogen-bond donors (Lipinski definition) is 0. The van der Waals surface area contributed by atoms with Crippen LogP contribution in [-0.2, 0) is 13.0 Å². The number of nitrogens with zero attached hydrogens (tertiary/aromatic N) is 4. The van der Waals surface area contributed by atoms with Crippen LogP contribution in [0.4, 0.5) is 0 Å². The Hall–Kier alpha value is -1.83. The Morgan fingerprint density at radius 1 is 1.62 bits per heavy atom. The van der Waals surface area contributed by atoms with Crippen molar-refractivity contribution in [1.82, 2.24) is 14.7 Å². The van der Waals surface area contributed by atoms with Gasteiger partial charge in [-0.25, -0.2) is 0 Å². The summed E-state index contributed by atoms with van der Waals surface area (Å²) in [6.45, 7) is 4.68. The zero-order valence-corrected chi connectivity index (χ0v) is 9.90. The molecule has 0 unspecified atom stereocenters. The number of carbonyl (C=O) groups excluding carboxylic acids is 1. The van der Waals surface area contributed by atoms with Crippen LogP contribution in [0, 0.1) is 11.3 Å². The van der Waals surface area contributed by atoms with Gasteiger partial charge in [0.1, 0.15) is 12.2 Å². The maximum absolute atomic E-state index is 12.0. The number of aromatic nitrogens is 2. The van der Waals surface area contributed by atoms with Crippen molar-refractivity contribution >= 4 is 5.91 Å². The van der Waals surface area contributed by atoms with Gasteiger partial charge in [0, 0.05) is 13.6 Å². The van der Waals surface area contributed by atoms with Crippen LogP contribution >= 0.6 is 0 Å². The Morgan fingerprint density at radius 3 is 2.81 bits per heavy atom. The average Bonchev–Trinajstić information content (AvgIpc) is 2.71. The molecule has 86 valence electrons. The monoisotopic (exact) mass is 220 g/mol. The number of carbonyl (C=O) groups is 1. The standard InChI is InChI=1S/C11H16N4O/c1-4-9-8-10(15(5-2)13-9)11(16)14(3)7-6-12/h8H,4-5,7H2,1-3H3. The molecule has 0 saturated heterocycles. The van der Waals surface area contributed by atoms with Crippen LogP contribution in [0.1, 0.15) is 30.0 Å². The van der Waals surface area contributed by atoms with Gasteiger partial charge in [-0.2, -0.15) is 10.4 Å². The minimum Gasteiger partial charge on any atom is -0.327 e. The van der Waals surface area contributed by atoms with Gasteiger partial charge in [-0.15, -0.1) is 0 Å². The molecule has 1 aromatic heterocycles. The Labute approximate surface area is 95.3 Å². The number of amides is 1. The van der Waals surface area contributed by atoms with Gasteiger partial charge in [-0.3, -0.25) is 9.48 Å². The first-order chi connectivity index (χ1) is 7.63. The molecule has 0 aromatic carbocycles. The highest BCUT2D eigenvalue weighted by atomic mass is 16.2. The Balaban J connectivity index is 2.98. The van der Waals surface area contributed by atoms with Crippen molar-refractivity contribution < 1.29 is 4.79 Å². The molecule has 0 aliphatic carbocycles. The number of nitriles is 1. The van der Waals surface area contributed by atoms with E-state index in [1.807, 2.05) is 19.9 Å². The lowest BCUT2D eigenvalue weighted by atomic mass is 10.3. The van der Waals surface area contributed by atoms with Crippen molar-refractivity contribution in [3.8, 4) is 6.07 Å². The summed E-state index contributed by atoms with van der Waals surface area (Å²) in [6.07, 6.45) is 0.801. The van der Waals surface area contributed by atoms with Crippen LogP contribution in [-0.4, -0.2) is 34.2 Å². The molecule has 1 heterocycles. The molecular formula is C11H16N4O. The van der Waals surface area contributed by atoms with Gasteiger partial charge in [-0.1, -0.05) is 6.92 Å². The van der Waals surface area contributed by atoms with Crippen LogP contribution in [0.25, 0.3) is 0 Å². The average molecular weight is 220 g/mol. The highest BCUT2D eigenvalue weighted by molar-refractivity contribution is 5.92. The molecule has 1 rings (SSSR count). The molecule has 0 fully saturated rings. The summed E-state index contributed by atoms with van der Waals surface area (Å²) in [7, 11) is 1.62. The van der Waals surface area contributed by atoms with Gasteiger partial charge >= 0.3 is 0 Å². The van der Waals surface area contributed by atoms with Crippen LogP contribution in [0.3, 0.4) is 0 Å². The van der Waals surface area contributed by atoms with Crippen LogP contribution in [0.5, 0.6) is 0 Å². The smallest absolute Gasteiger partial charge is 0.272 e. The van der Waals surface area contributed by atoms with E-state index in [9.17, 15) is 4.79 Å². The molecule has 0 spiro atoms. The Kier molecular flexibility index (Phi) is 4.06. The highest BCUT2D eigenvalue weighted by Gasteiger charge is 2.17. The van der Waals surface area contributed by atoms with Gasteiger partial charge in [0.2, 0.25) is 0 Å². The zero-order chi connectivity index (χ0) is 12.1. The largest absolute Gasteiger partial charge is 0.327 e. The molecular weight excluding hydrogens is 204 g/mol. The van der Waals surface area contributed by atoms with E-state index in [0.717, 1.165) is 12.1 Å². The summed E-state index contributed by atoms with van der Waals surface area (Å²) in [5.74, 6) is -0.157. The first-order valence-corrected chi connectivity index (χ1v) is 5.33. The molecule has 16 heavy (non-hydrogen) atoms. The molecule has 0 N–H and O–H groups in total. The summed E-state index contributed by atoms with van der Waals surface area (Å²) in [5.41, 5.74) is 1.45. The van der Waals surface area contributed by atoms with Crippen molar-refractivity contribution in [2.75, 3.05) is 13.6 Å². The zero-order valence-electron chi connectivity index (χ0n) is 9.90. The van der Waals surface area contributed by atoms with Gasteiger partial charge < -0.3 is 4.90 Å². The van der Waals surface area contributed by atoms with Crippen LogP contribution in [0.15, 0.2) is 6.07 Å². The van der Waals surface area contributed by atoms with Gasteiger partial charge in [0.05, 0.1) is 11.8 Å².